The van der Waals surface area contributed by atoms with Crippen LogP contribution in [0.5, 0.6) is 0 Å². The molecule has 1 unspecified atom stereocenters. The third-order valence-corrected chi connectivity index (χ3v) is 3.77. The Hall–Kier alpha value is -2.69. The van der Waals surface area contributed by atoms with E-state index in [1.165, 1.54) is 0 Å². The Bertz CT molecular complexity index is 658. The Morgan fingerprint density at radius 1 is 1.18 bits per heavy atom. The van der Waals surface area contributed by atoms with Crippen molar-refractivity contribution in [1.29, 1.82) is 0 Å². The molecular weight excluding hydrogens is 278 g/mol. The molecule has 5 nitrogen and oxygen atoms in total. The second-order valence-corrected chi connectivity index (χ2v) is 5.23. The van der Waals surface area contributed by atoms with Crippen molar-refractivity contribution in [3.8, 4) is 0 Å². The van der Waals surface area contributed by atoms with Crippen molar-refractivity contribution in [1.82, 2.24) is 10.3 Å². The molecule has 1 aliphatic rings. The van der Waals surface area contributed by atoms with Gasteiger partial charge < -0.3 is 5.32 Å². The van der Waals surface area contributed by atoms with Crippen LogP contribution in [0.15, 0.2) is 54.9 Å². The van der Waals surface area contributed by atoms with Gasteiger partial charge in [0.2, 0.25) is 11.8 Å². The molecule has 2 aromatic rings. The molecule has 1 aromatic heterocycles. The van der Waals surface area contributed by atoms with Crippen LogP contribution in [0.2, 0.25) is 0 Å². The maximum atomic E-state index is 12.4. The fraction of sp³-hybridized carbons (Fsp3) is 0.235. The number of hydrogen-bond acceptors (Lipinski definition) is 3. The van der Waals surface area contributed by atoms with Gasteiger partial charge in [-0.25, -0.2) is 0 Å². The van der Waals surface area contributed by atoms with Crippen molar-refractivity contribution >= 4 is 17.5 Å². The molecule has 2 amide bonds. The summed E-state index contributed by atoms with van der Waals surface area (Å²) >= 11 is 0. The largest absolute Gasteiger partial charge is 0.350 e. The molecular formula is C17H17N3O2. The number of nitrogens with zero attached hydrogens (tertiary/aromatic N) is 2. The summed E-state index contributed by atoms with van der Waals surface area (Å²) in [5, 5.41) is 2.90. The number of para-hydroxylation sites is 1. The van der Waals surface area contributed by atoms with Crippen molar-refractivity contribution in [3.63, 3.8) is 0 Å². The van der Waals surface area contributed by atoms with E-state index in [4.69, 9.17) is 0 Å². The summed E-state index contributed by atoms with van der Waals surface area (Å²) in [6.45, 7) is 0.439. The summed E-state index contributed by atoms with van der Waals surface area (Å²) in [7, 11) is 0. The molecule has 112 valence electrons. The SMILES string of the molecule is O=C(NCc1ccncc1)C1CCC(=O)N1c1ccccc1. The van der Waals surface area contributed by atoms with E-state index in [1.54, 1.807) is 17.3 Å². The van der Waals surface area contributed by atoms with Gasteiger partial charge in [-0.15, -0.1) is 0 Å². The monoisotopic (exact) mass is 295 g/mol. The van der Waals surface area contributed by atoms with Gasteiger partial charge in [0.1, 0.15) is 6.04 Å². The van der Waals surface area contributed by atoms with Crippen molar-refractivity contribution in [2.24, 2.45) is 0 Å². The first kappa shape index (κ1) is 14.3. The van der Waals surface area contributed by atoms with Gasteiger partial charge in [-0.05, 0) is 36.2 Å². The van der Waals surface area contributed by atoms with Crippen molar-refractivity contribution in [2.75, 3.05) is 4.90 Å². The zero-order valence-electron chi connectivity index (χ0n) is 12.1. The molecule has 1 fully saturated rings. The lowest BCUT2D eigenvalue weighted by Gasteiger charge is -2.24. The molecule has 5 heteroatoms. The number of nitrogens with one attached hydrogen (secondary N) is 1. The van der Waals surface area contributed by atoms with Gasteiger partial charge in [0.05, 0.1) is 0 Å². The summed E-state index contributed by atoms with van der Waals surface area (Å²) in [6, 6.07) is 12.6. The van der Waals surface area contributed by atoms with Gasteiger partial charge in [0, 0.05) is 31.0 Å². The lowest BCUT2D eigenvalue weighted by molar-refractivity contribution is -0.124. The van der Waals surface area contributed by atoms with Gasteiger partial charge in [-0.1, -0.05) is 18.2 Å². The number of carbonyl (C=O) groups is 2. The number of amides is 2. The number of anilines is 1. The Balaban J connectivity index is 1.70. The molecule has 0 spiro atoms. The summed E-state index contributed by atoms with van der Waals surface area (Å²) in [5.41, 5.74) is 1.76. The highest BCUT2D eigenvalue weighted by Crippen LogP contribution is 2.26. The molecule has 1 aliphatic heterocycles. The number of carbonyl (C=O) groups excluding carboxylic acids is 2. The van der Waals surface area contributed by atoms with Crippen LogP contribution in [0.4, 0.5) is 5.69 Å². The molecule has 2 heterocycles. The van der Waals surface area contributed by atoms with E-state index in [9.17, 15) is 9.59 Å². The predicted molar refractivity (Wildman–Crippen MR) is 83.0 cm³/mol. The van der Waals surface area contributed by atoms with Gasteiger partial charge >= 0.3 is 0 Å². The standard InChI is InChI=1S/C17H17N3O2/c21-16-7-6-15(20(16)14-4-2-1-3-5-14)17(22)19-12-13-8-10-18-11-9-13/h1-5,8-11,15H,6-7,12H2,(H,19,22). The third kappa shape index (κ3) is 2.98. The Morgan fingerprint density at radius 3 is 2.64 bits per heavy atom. The summed E-state index contributed by atoms with van der Waals surface area (Å²) < 4.78 is 0. The highest BCUT2D eigenvalue weighted by atomic mass is 16.2. The number of rotatable bonds is 4. The highest BCUT2D eigenvalue weighted by molar-refractivity contribution is 6.03. The molecule has 1 aromatic carbocycles. The van der Waals surface area contributed by atoms with E-state index >= 15 is 0 Å². The highest BCUT2D eigenvalue weighted by Gasteiger charge is 2.36. The molecule has 3 rings (SSSR count). The fourth-order valence-electron chi connectivity index (χ4n) is 2.65. The third-order valence-electron chi connectivity index (χ3n) is 3.77. The number of hydrogen-bond donors (Lipinski definition) is 1. The average molecular weight is 295 g/mol. The van der Waals surface area contributed by atoms with Crippen LogP contribution in [0.25, 0.3) is 0 Å². The normalized spacial score (nSPS) is 17.5. The zero-order valence-corrected chi connectivity index (χ0v) is 12.1. The lowest BCUT2D eigenvalue weighted by atomic mass is 10.2. The second kappa shape index (κ2) is 6.39. The molecule has 0 saturated carbocycles. The quantitative estimate of drug-likeness (QED) is 0.937. The first-order valence-electron chi connectivity index (χ1n) is 7.29. The minimum Gasteiger partial charge on any atom is -0.350 e. The molecule has 1 N–H and O–H groups in total. The minimum absolute atomic E-state index is 0.00439. The Kier molecular flexibility index (Phi) is 4.14. The topological polar surface area (TPSA) is 62.3 Å². The number of pyridine rings is 1. The van der Waals surface area contributed by atoms with Crippen molar-refractivity contribution < 1.29 is 9.59 Å². The van der Waals surface area contributed by atoms with Crippen LogP contribution in [0.1, 0.15) is 18.4 Å². The molecule has 0 bridgehead atoms. The van der Waals surface area contributed by atoms with E-state index in [2.05, 4.69) is 10.3 Å². The van der Waals surface area contributed by atoms with Crippen LogP contribution < -0.4 is 10.2 Å². The molecule has 0 radical (unpaired) electrons. The smallest absolute Gasteiger partial charge is 0.243 e. The minimum atomic E-state index is -0.434. The Labute approximate surface area is 129 Å². The van der Waals surface area contributed by atoms with Gasteiger partial charge in [0.25, 0.3) is 0 Å². The maximum absolute atomic E-state index is 12.4. The van der Waals surface area contributed by atoms with Crippen LogP contribution in [-0.4, -0.2) is 22.8 Å². The van der Waals surface area contributed by atoms with Gasteiger partial charge in [0.15, 0.2) is 0 Å². The molecule has 1 atom stereocenters. The fourth-order valence-corrected chi connectivity index (χ4v) is 2.65. The molecule has 1 saturated heterocycles. The van der Waals surface area contributed by atoms with Crippen LogP contribution in [-0.2, 0) is 16.1 Å². The molecule has 0 aliphatic carbocycles. The summed E-state index contributed by atoms with van der Waals surface area (Å²) in [6.07, 6.45) is 4.34. The summed E-state index contributed by atoms with van der Waals surface area (Å²) in [5.74, 6) is -0.123. The van der Waals surface area contributed by atoms with E-state index < -0.39 is 6.04 Å². The van der Waals surface area contributed by atoms with Gasteiger partial charge in [-0.2, -0.15) is 0 Å². The van der Waals surface area contributed by atoms with Crippen LogP contribution in [0.3, 0.4) is 0 Å². The van der Waals surface area contributed by atoms with E-state index in [-0.39, 0.29) is 11.8 Å². The first-order valence-corrected chi connectivity index (χ1v) is 7.29. The van der Waals surface area contributed by atoms with Gasteiger partial charge in [-0.3, -0.25) is 19.5 Å². The summed E-state index contributed by atoms with van der Waals surface area (Å²) in [4.78, 5) is 30.1. The van der Waals surface area contributed by atoms with Crippen LogP contribution in [0, 0.1) is 0 Å². The predicted octanol–water partition coefficient (Wildman–Crippen LogP) is 1.89. The average Bonchev–Trinajstić information content (AvgIpc) is 2.96. The lowest BCUT2D eigenvalue weighted by Crippen LogP contribution is -2.44. The Morgan fingerprint density at radius 2 is 1.91 bits per heavy atom. The van der Waals surface area contributed by atoms with Crippen LogP contribution >= 0.6 is 0 Å². The second-order valence-electron chi connectivity index (χ2n) is 5.23. The number of aromatic nitrogens is 1. The van der Waals surface area contributed by atoms with Crippen molar-refractivity contribution in [2.45, 2.75) is 25.4 Å². The van der Waals surface area contributed by atoms with E-state index in [0.717, 1.165) is 11.3 Å². The first-order chi connectivity index (χ1) is 10.8. The number of benzene rings is 1. The van der Waals surface area contributed by atoms with E-state index in [1.807, 2.05) is 42.5 Å². The van der Waals surface area contributed by atoms with Crippen molar-refractivity contribution in [3.05, 3.63) is 60.4 Å². The van der Waals surface area contributed by atoms with E-state index in [0.29, 0.717) is 19.4 Å². The zero-order chi connectivity index (χ0) is 15.4. The maximum Gasteiger partial charge on any atom is 0.243 e. The molecule has 22 heavy (non-hydrogen) atoms.